The zero-order valence-corrected chi connectivity index (χ0v) is 17.0. The van der Waals surface area contributed by atoms with Gasteiger partial charge in [-0.25, -0.2) is 9.40 Å². The van der Waals surface area contributed by atoms with Crippen molar-refractivity contribution in [3.05, 3.63) is 94.2 Å². The third kappa shape index (κ3) is 3.17. The Morgan fingerprint density at radius 3 is 2.40 bits per heavy atom. The summed E-state index contributed by atoms with van der Waals surface area (Å²) in [6, 6.07) is 18.3. The molecule has 6 heteroatoms. The SMILES string of the molecule is CN(C)N1C(N)=C(C#N)[C@H](c2ccccc2F)C2=C1C[C@@H](c1ccccc1)CC2=O. The van der Waals surface area contributed by atoms with Crippen molar-refractivity contribution in [3.8, 4) is 6.07 Å². The van der Waals surface area contributed by atoms with Crippen LogP contribution in [-0.2, 0) is 4.79 Å². The summed E-state index contributed by atoms with van der Waals surface area (Å²) < 4.78 is 14.8. The van der Waals surface area contributed by atoms with Crippen LogP contribution in [0.2, 0.25) is 0 Å². The molecule has 152 valence electrons. The number of allylic oxidation sites excluding steroid dienone is 3. The van der Waals surface area contributed by atoms with Gasteiger partial charge in [-0.05, 0) is 24.0 Å². The average molecular weight is 402 g/mol. The topological polar surface area (TPSA) is 73.4 Å². The van der Waals surface area contributed by atoms with Crippen LogP contribution in [0.25, 0.3) is 0 Å². The third-order valence-electron chi connectivity index (χ3n) is 5.83. The number of rotatable bonds is 3. The lowest BCUT2D eigenvalue weighted by Crippen LogP contribution is -2.46. The Hall–Kier alpha value is -3.43. The molecule has 2 aromatic carbocycles. The van der Waals surface area contributed by atoms with E-state index in [0.717, 1.165) is 11.3 Å². The van der Waals surface area contributed by atoms with Gasteiger partial charge in [-0.3, -0.25) is 9.80 Å². The van der Waals surface area contributed by atoms with Crippen molar-refractivity contribution in [3.63, 3.8) is 0 Å². The summed E-state index contributed by atoms with van der Waals surface area (Å²) in [5.74, 6) is -1.10. The Bertz CT molecular complexity index is 1100. The van der Waals surface area contributed by atoms with E-state index in [1.165, 1.54) is 6.07 Å². The number of halogens is 1. The fraction of sp³-hybridized carbons (Fsp3) is 0.250. The molecule has 2 aromatic rings. The molecule has 2 N–H and O–H groups in total. The van der Waals surface area contributed by atoms with Crippen LogP contribution >= 0.6 is 0 Å². The fourth-order valence-electron chi connectivity index (χ4n) is 4.55. The van der Waals surface area contributed by atoms with Gasteiger partial charge in [0, 0.05) is 37.3 Å². The lowest BCUT2D eigenvalue weighted by molar-refractivity contribution is -0.117. The maximum atomic E-state index is 14.8. The van der Waals surface area contributed by atoms with Gasteiger partial charge in [0.1, 0.15) is 11.6 Å². The van der Waals surface area contributed by atoms with Gasteiger partial charge in [-0.1, -0.05) is 48.5 Å². The van der Waals surface area contributed by atoms with E-state index in [2.05, 4.69) is 6.07 Å². The Balaban J connectivity index is 1.92. The predicted octanol–water partition coefficient (Wildman–Crippen LogP) is 3.80. The van der Waals surface area contributed by atoms with Crippen molar-refractivity contribution < 1.29 is 9.18 Å². The molecule has 1 aliphatic heterocycles. The molecule has 1 aliphatic carbocycles. The molecule has 0 amide bonds. The van der Waals surface area contributed by atoms with E-state index in [1.54, 1.807) is 28.2 Å². The second-order valence-electron chi connectivity index (χ2n) is 7.82. The Kier molecular flexibility index (Phi) is 5.15. The van der Waals surface area contributed by atoms with E-state index < -0.39 is 11.7 Å². The van der Waals surface area contributed by atoms with E-state index in [9.17, 15) is 14.4 Å². The van der Waals surface area contributed by atoms with Gasteiger partial charge in [0.15, 0.2) is 5.78 Å². The van der Waals surface area contributed by atoms with Crippen molar-refractivity contribution in [1.82, 2.24) is 10.0 Å². The van der Waals surface area contributed by atoms with Crippen LogP contribution in [0.5, 0.6) is 0 Å². The standard InChI is InChI=1S/C24H23FN4O/c1-28(2)29-20-12-16(15-8-4-3-5-9-15)13-21(30)23(20)22(18(14-26)24(29)27)17-10-6-7-11-19(17)25/h3-11,16,22H,12-13,27H2,1-2H3/t16-,22+/m1/s1. The maximum absolute atomic E-state index is 14.8. The highest BCUT2D eigenvalue weighted by atomic mass is 19.1. The van der Waals surface area contributed by atoms with E-state index in [0.29, 0.717) is 24.0 Å². The van der Waals surface area contributed by atoms with Gasteiger partial charge in [-0.2, -0.15) is 5.26 Å². The zero-order chi connectivity index (χ0) is 21.4. The summed E-state index contributed by atoms with van der Waals surface area (Å²) in [4.78, 5) is 13.4. The minimum absolute atomic E-state index is 0.00222. The molecule has 0 aromatic heterocycles. The number of carbonyl (C=O) groups is 1. The molecule has 0 bridgehead atoms. The zero-order valence-electron chi connectivity index (χ0n) is 17.0. The van der Waals surface area contributed by atoms with E-state index >= 15 is 0 Å². The molecule has 5 nitrogen and oxygen atoms in total. The molecule has 30 heavy (non-hydrogen) atoms. The summed E-state index contributed by atoms with van der Waals surface area (Å²) in [7, 11) is 3.62. The summed E-state index contributed by atoms with van der Waals surface area (Å²) in [6.45, 7) is 0. The highest BCUT2D eigenvalue weighted by Gasteiger charge is 2.43. The first-order valence-corrected chi connectivity index (χ1v) is 9.86. The molecule has 2 atom stereocenters. The summed E-state index contributed by atoms with van der Waals surface area (Å²) >= 11 is 0. The number of Topliss-reactive ketones (excluding diaryl/α,β-unsaturated/α-hetero) is 1. The molecular formula is C24H23FN4O. The number of nitrogens with zero attached hydrogens (tertiary/aromatic N) is 3. The van der Waals surface area contributed by atoms with Crippen LogP contribution in [0, 0.1) is 17.1 Å². The molecule has 4 rings (SSSR count). The minimum Gasteiger partial charge on any atom is -0.383 e. The number of nitrogens with two attached hydrogens (primary N) is 1. The van der Waals surface area contributed by atoms with Crippen LogP contribution in [0.4, 0.5) is 4.39 Å². The molecule has 0 spiro atoms. The van der Waals surface area contributed by atoms with Crippen LogP contribution in [0.3, 0.4) is 0 Å². The Morgan fingerprint density at radius 1 is 1.10 bits per heavy atom. The first kappa shape index (κ1) is 19.9. The second-order valence-corrected chi connectivity index (χ2v) is 7.82. The number of nitriles is 1. The van der Waals surface area contributed by atoms with Gasteiger partial charge >= 0.3 is 0 Å². The highest BCUT2D eigenvalue weighted by molar-refractivity contribution is 6.00. The maximum Gasteiger partial charge on any atom is 0.162 e. The van der Waals surface area contributed by atoms with E-state index in [4.69, 9.17) is 5.73 Å². The fourth-order valence-corrected chi connectivity index (χ4v) is 4.55. The van der Waals surface area contributed by atoms with Crippen molar-refractivity contribution in [2.24, 2.45) is 5.73 Å². The largest absolute Gasteiger partial charge is 0.383 e. The van der Waals surface area contributed by atoms with Crippen LogP contribution in [0.1, 0.15) is 35.8 Å². The number of hydrazine groups is 1. The van der Waals surface area contributed by atoms with Gasteiger partial charge in [0.25, 0.3) is 0 Å². The first-order chi connectivity index (χ1) is 14.4. The number of hydrogen-bond donors (Lipinski definition) is 1. The van der Waals surface area contributed by atoms with Crippen LogP contribution in [-0.4, -0.2) is 29.9 Å². The van der Waals surface area contributed by atoms with Crippen LogP contribution < -0.4 is 5.73 Å². The van der Waals surface area contributed by atoms with Crippen molar-refractivity contribution >= 4 is 5.78 Å². The first-order valence-electron chi connectivity index (χ1n) is 9.86. The quantitative estimate of drug-likeness (QED) is 0.846. The summed E-state index contributed by atoms with van der Waals surface area (Å²) in [6.07, 6.45) is 0.890. The Morgan fingerprint density at radius 2 is 1.77 bits per heavy atom. The molecule has 0 unspecified atom stereocenters. The summed E-state index contributed by atoms with van der Waals surface area (Å²) in [5, 5.41) is 13.4. The van der Waals surface area contributed by atoms with Gasteiger partial charge in [0.05, 0.1) is 17.6 Å². The van der Waals surface area contributed by atoms with Gasteiger partial charge < -0.3 is 5.73 Å². The summed E-state index contributed by atoms with van der Waals surface area (Å²) in [5.41, 5.74) is 9.19. The molecule has 1 heterocycles. The van der Waals surface area contributed by atoms with Gasteiger partial charge in [0.2, 0.25) is 0 Å². The minimum atomic E-state index is -0.799. The monoisotopic (exact) mass is 402 g/mol. The molecule has 0 fully saturated rings. The number of hydrogen-bond acceptors (Lipinski definition) is 5. The van der Waals surface area contributed by atoms with Crippen molar-refractivity contribution in [2.75, 3.05) is 14.1 Å². The smallest absolute Gasteiger partial charge is 0.162 e. The average Bonchev–Trinajstić information content (AvgIpc) is 2.73. The van der Waals surface area contributed by atoms with E-state index in [1.807, 2.05) is 44.4 Å². The van der Waals surface area contributed by atoms with Crippen LogP contribution in [0.15, 0.2) is 77.3 Å². The number of benzene rings is 2. The normalized spacial score (nSPS) is 21.7. The highest BCUT2D eigenvalue weighted by Crippen LogP contribution is 2.48. The molecular weight excluding hydrogens is 379 g/mol. The molecule has 0 saturated carbocycles. The lowest BCUT2D eigenvalue weighted by Gasteiger charge is -2.43. The Labute approximate surface area is 175 Å². The number of ketones is 1. The van der Waals surface area contributed by atoms with E-state index in [-0.39, 0.29) is 23.1 Å². The number of carbonyl (C=O) groups excluding carboxylic acids is 1. The second kappa shape index (κ2) is 7.77. The molecule has 0 saturated heterocycles. The molecule has 0 radical (unpaired) electrons. The molecule has 2 aliphatic rings. The van der Waals surface area contributed by atoms with Crippen molar-refractivity contribution in [1.29, 1.82) is 5.26 Å². The predicted molar refractivity (Wildman–Crippen MR) is 112 cm³/mol. The van der Waals surface area contributed by atoms with Gasteiger partial charge in [-0.15, -0.1) is 0 Å². The van der Waals surface area contributed by atoms with Crippen molar-refractivity contribution in [2.45, 2.75) is 24.7 Å². The third-order valence-corrected chi connectivity index (χ3v) is 5.83. The lowest BCUT2D eigenvalue weighted by atomic mass is 9.72.